The van der Waals surface area contributed by atoms with Crippen LogP contribution in [0.15, 0.2) is 28.8 Å². The Morgan fingerprint density at radius 3 is 2.88 bits per heavy atom. The van der Waals surface area contributed by atoms with Crippen LogP contribution in [0.1, 0.15) is 39.0 Å². The van der Waals surface area contributed by atoms with Crippen LogP contribution in [0.2, 0.25) is 0 Å². The van der Waals surface area contributed by atoms with Gasteiger partial charge in [-0.2, -0.15) is 0 Å². The lowest BCUT2D eigenvalue weighted by Crippen LogP contribution is -2.27. The first kappa shape index (κ1) is 12.1. The van der Waals surface area contributed by atoms with Gasteiger partial charge < -0.3 is 4.42 Å². The fourth-order valence-electron chi connectivity index (χ4n) is 2.19. The fourth-order valence-corrected chi connectivity index (χ4v) is 2.19. The van der Waals surface area contributed by atoms with Crippen molar-refractivity contribution in [2.75, 3.05) is 13.1 Å². The summed E-state index contributed by atoms with van der Waals surface area (Å²) in [5.74, 6) is 1.01. The Morgan fingerprint density at radius 1 is 1.41 bits per heavy atom. The zero-order chi connectivity index (χ0) is 12.3. The van der Waals surface area contributed by atoms with Crippen molar-refractivity contribution in [3.05, 3.63) is 30.2 Å². The average Bonchev–Trinajstić information content (AvgIpc) is 2.78. The van der Waals surface area contributed by atoms with Gasteiger partial charge >= 0.3 is 0 Å². The normalized spacial score (nSPS) is 13.4. The van der Waals surface area contributed by atoms with Gasteiger partial charge in [-0.25, -0.2) is 4.98 Å². The number of aromatic nitrogens is 1. The van der Waals surface area contributed by atoms with Gasteiger partial charge in [0.1, 0.15) is 5.76 Å². The van der Waals surface area contributed by atoms with E-state index in [1.54, 1.807) is 6.20 Å². The molecular formula is C14H20N2O. The van der Waals surface area contributed by atoms with Gasteiger partial charge in [0.2, 0.25) is 5.71 Å². The van der Waals surface area contributed by atoms with Gasteiger partial charge in [0.15, 0.2) is 0 Å². The van der Waals surface area contributed by atoms with Crippen LogP contribution in [0.4, 0.5) is 0 Å². The standard InChI is InChI=1S/C14H20N2O/c1-4-9-16(5-2)11(3)13-10-12-7-6-8-15-14(12)17-13/h6-8,10-11H,4-5,9H2,1-3H3. The van der Waals surface area contributed by atoms with Crippen molar-refractivity contribution in [2.24, 2.45) is 0 Å². The molecule has 0 saturated carbocycles. The Hall–Kier alpha value is -1.35. The smallest absolute Gasteiger partial charge is 0.226 e. The highest BCUT2D eigenvalue weighted by atomic mass is 16.3. The number of fused-ring (bicyclic) bond motifs is 1. The van der Waals surface area contributed by atoms with Gasteiger partial charge in [-0.05, 0) is 44.6 Å². The van der Waals surface area contributed by atoms with Crippen molar-refractivity contribution in [3.8, 4) is 0 Å². The molecular weight excluding hydrogens is 212 g/mol. The van der Waals surface area contributed by atoms with Gasteiger partial charge in [-0.1, -0.05) is 13.8 Å². The molecule has 2 aromatic rings. The molecule has 0 spiro atoms. The SMILES string of the molecule is CCCN(CC)C(C)c1cc2cccnc2o1. The Labute approximate surface area is 102 Å². The van der Waals surface area contributed by atoms with E-state index in [1.807, 2.05) is 12.1 Å². The van der Waals surface area contributed by atoms with E-state index in [4.69, 9.17) is 4.42 Å². The van der Waals surface area contributed by atoms with E-state index < -0.39 is 0 Å². The highest BCUT2D eigenvalue weighted by Crippen LogP contribution is 2.26. The zero-order valence-electron chi connectivity index (χ0n) is 10.8. The van der Waals surface area contributed by atoms with E-state index in [9.17, 15) is 0 Å². The summed E-state index contributed by atoms with van der Waals surface area (Å²) in [6.45, 7) is 8.72. The fraction of sp³-hybridized carbons (Fsp3) is 0.500. The molecule has 0 N–H and O–H groups in total. The molecule has 1 atom stereocenters. The third-order valence-corrected chi connectivity index (χ3v) is 3.19. The third-order valence-electron chi connectivity index (χ3n) is 3.19. The summed E-state index contributed by atoms with van der Waals surface area (Å²) in [4.78, 5) is 6.64. The van der Waals surface area contributed by atoms with Crippen LogP contribution in [0.3, 0.4) is 0 Å². The van der Waals surface area contributed by atoms with Crippen molar-refractivity contribution in [1.29, 1.82) is 0 Å². The highest BCUT2D eigenvalue weighted by Gasteiger charge is 2.17. The summed E-state index contributed by atoms with van der Waals surface area (Å²) in [7, 11) is 0. The summed E-state index contributed by atoms with van der Waals surface area (Å²) in [6.07, 6.45) is 2.93. The second kappa shape index (κ2) is 5.32. The number of pyridine rings is 1. The number of furan rings is 1. The average molecular weight is 232 g/mol. The Bertz CT molecular complexity index is 445. The molecule has 17 heavy (non-hydrogen) atoms. The number of nitrogens with zero attached hydrogens (tertiary/aromatic N) is 2. The maximum Gasteiger partial charge on any atom is 0.226 e. The minimum absolute atomic E-state index is 0.314. The van der Waals surface area contributed by atoms with Crippen molar-refractivity contribution in [1.82, 2.24) is 9.88 Å². The summed E-state index contributed by atoms with van der Waals surface area (Å²) in [5.41, 5.74) is 0.738. The lowest BCUT2D eigenvalue weighted by molar-refractivity contribution is 0.200. The third kappa shape index (κ3) is 2.50. The molecule has 2 aromatic heterocycles. The molecule has 0 fully saturated rings. The predicted molar refractivity (Wildman–Crippen MR) is 70.0 cm³/mol. The van der Waals surface area contributed by atoms with Gasteiger partial charge in [-0.3, -0.25) is 4.90 Å². The van der Waals surface area contributed by atoms with E-state index >= 15 is 0 Å². The summed E-state index contributed by atoms with van der Waals surface area (Å²) in [6, 6.07) is 6.40. The van der Waals surface area contributed by atoms with Crippen LogP contribution >= 0.6 is 0 Å². The van der Waals surface area contributed by atoms with E-state index in [1.165, 1.54) is 0 Å². The topological polar surface area (TPSA) is 29.3 Å². The predicted octanol–water partition coefficient (Wildman–Crippen LogP) is 3.62. The second-order valence-electron chi connectivity index (χ2n) is 4.35. The molecule has 0 aromatic carbocycles. The first-order valence-corrected chi connectivity index (χ1v) is 6.34. The molecule has 0 amide bonds. The first-order valence-electron chi connectivity index (χ1n) is 6.34. The van der Waals surface area contributed by atoms with Crippen LogP contribution in [0.25, 0.3) is 11.1 Å². The monoisotopic (exact) mass is 232 g/mol. The van der Waals surface area contributed by atoms with E-state index in [0.717, 1.165) is 36.4 Å². The summed E-state index contributed by atoms with van der Waals surface area (Å²) < 4.78 is 5.81. The highest BCUT2D eigenvalue weighted by molar-refractivity contribution is 5.73. The lowest BCUT2D eigenvalue weighted by atomic mass is 10.2. The molecule has 0 aliphatic rings. The molecule has 0 aliphatic heterocycles. The van der Waals surface area contributed by atoms with Crippen molar-refractivity contribution in [2.45, 2.75) is 33.2 Å². The summed E-state index contributed by atoms with van der Waals surface area (Å²) in [5, 5.41) is 1.09. The largest absolute Gasteiger partial charge is 0.441 e. The van der Waals surface area contributed by atoms with Crippen LogP contribution in [0.5, 0.6) is 0 Å². The van der Waals surface area contributed by atoms with Gasteiger partial charge in [0.05, 0.1) is 6.04 Å². The Balaban J connectivity index is 2.25. The van der Waals surface area contributed by atoms with Crippen molar-refractivity contribution >= 4 is 11.1 Å². The zero-order valence-corrected chi connectivity index (χ0v) is 10.8. The maximum absolute atomic E-state index is 5.81. The van der Waals surface area contributed by atoms with E-state index in [0.29, 0.717) is 6.04 Å². The minimum Gasteiger partial charge on any atom is -0.441 e. The molecule has 2 heterocycles. The van der Waals surface area contributed by atoms with Gasteiger partial charge in [-0.15, -0.1) is 0 Å². The van der Waals surface area contributed by atoms with Gasteiger partial charge in [0, 0.05) is 11.6 Å². The molecule has 0 bridgehead atoms. The molecule has 1 unspecified atom stereocenters. The summed E-state index contributed by atoms with van der Waals surface area (Å²) >= 11 is 0. The van der Waals surface area contributed by atoms with Crippen LogP contribution in [0, 0.1) is 0 Å². The van der Waals surface area contributed by atoms with Crippen molar-refractivity contribution in [3.63, 3.8) is 0 Å². The van der Waals surface area contributed by atoms with E-state index in [2.05, 4.69) is 36.7 Å². The maximum atomic E-state index is 5.81. The molecule has 2 rings (SSSR count). The quantitative estimate of drug-likeness (QED) is 0.788. The lowest BCUT2D eigenvalue weighted by Gasteiger charge is -2.25. The molecule has 0 radical (unpaired) electrons. The molecule has 3 heteroatoms. The molecule has 3 nitrogen and oxygen atoms in total. The first-order chi connectivity index (χ1) is 8.26. The second-order valence-corrected chi connectivity index (χ2v) is 4.35. The van der Waals surface area contributed by atoms with Crippen molar-refractivity contribution < 1.29 is 4.42 Å². The Morgan fingerprint density at radius 2 is 2.24 bits per heavy atom. The minimum atomic E-state index is 0.314. The number of hydrogen-bond donors (Lipinski definition) is 0. The van der Waals surface area contributed by atoms with Gasteiger partial charge in [0.25, 0.3) is 0 Å². The van der Waals surface area contributed by atoms with Crippen LogP contribution in [-0.4, -0.2) is 23.0 Å². The van der Waals surface area contributed by atoms with Crippen LogP contribution in [-0.2, 0) is 0 Å². The van der Waals surface area contributed by atoms with Crippen LogP contribution < -0.4 is 0 Å². The number of hydrogen-bond acceptors (Lipinski definition) is 3. The van der Waals surface area contributed by atoms with E-state index in [-0.39, 0.29) is 0 Å². The molecule has 92 valence electrons. The number of rotatable bonds is 5. The molecule has 0 saturated heterocycles. The Kier molecular flexibility index (Phi) is 3.79. The molecule has 0 aliphatic carbocycles.